The average Bonchev–Trinajstić information content (AvgIpc) is 3.86. The van der Waals surface area contributed by atoms with Crippen LogP contribution < -0.4 is 31.0 Å². The van der Waals surface area contributed by atoms with E-state index in [1.165, 1.54) is 101 Å². The monoisotopic (exact) mass is 977 g/mol. The van der Waals surface area contributed by atoms with Gasteiger partial charge in [-0.2, -0.15) is 5.26 Å². The number of nitriles is 1. The summed E-state index contributed by atoms with van der Waals surface area (Å²) in [5, 5.41) is 18.0. The van der Waals surface area contributed by atoms with Crippen LogP contribution in [0.5, 0.6) is 11.5 Å². The van der Waals surface area contributed by atoms with Crippen LogP contribution in [0.1, 0.15) is 159 Å². The van der Waals surface area contributed by atoms with Gasteiger partial charge in [-0.3, -0.25) is 19.6 Å². The normalized spacial score (nSPS) is 38.7. The third-order valence-corrected chi connectivity index (χ3v) is 20.8. The van der Waals surface area contributed by atoms with Crippen LogP contribution in [0.2, 0.25) is 0 Å². The quantitative estimate of drug-likeness (QED) is 0.161. The second-order valence-electron chi connectivity index (χ2n) is 23.2. The van der Waals surface area contributed by atoms with Crippen LogP contribution in [0.3, 0.4) is 0 Å². The molecule has 4 N–H and O–H groups in total. The SMILES string of the molecule is COC[C@@H]1N=C(c2ccc(C3CCC4(CC3)CCN(C3CCC(C(=O)NC5CCC(Oc6ccc(C#N)c(OC)c6)CC5)NC(C5CCCCCC5)C3C)C4)cc2)C2C(C)C(C)SC2N2C(C)NNC12. The van der Waals surface area contributed by atoms with E-state index >= 15 is 0 Å². The Balaban J connectivity index is 0.764. The van der Waals surface area contributed by atoms with Crippen molar-refractivity contribution in [1.29, 1.82) is 5.26 Å². The lowest BCUT2D eigenvalue weighted by Gasteiger charge is -2.41. The third-order valence-electron chi connectivity index (χ3n) is 19.1. The first kappa shape index (κ1) is 50.3. The lowest BCUT2D eigenvalue weighted by Crippen LogP contribution is -2.54. The van der Waals surface area contributed by atoms with Crippen molar-refractivity contribution in [2.45, 2.75) is 202 Å². The van der Waals surface area contributed by atoms with Crippen molar-refractivity contribution < 1.29 is 19.0 Å². The molecule has 10 rings (SSSR count). The molecule has 1 amide bonds. The maximum absolute atomic E-state index is 14.3. The zero-order valence-electron chi connectivity index (χ0n) is 43.2. The van der Waals surface area contributed by atoms with E-state index < -0.39 is 0 Å². The third kappa shape index (κ3) is 10.5. The summed E-state index contributed by atoms with van der Waals surface area (Å²) in [4.78, 5) is 25.5. The predicted molar refractivity (Wildman–Crippen MR) is 280 cm³/mol. The van der Waals surface area contributed by atoms with Gasteiger partial charge in [-0.15, -0.1) is 11.8 Å². The van der Waals surface area contributed by atoms with Gasteiger partial charge in [0.2, 0.25) is 5.91 Å². The standard InChI is InChI=1S/C57H84N8O4S/c1-35-37(3)70-56-51(35)53(61-48(33-67-5)54-63-62-38(4)65(54)56)42-15-13-39(14-16-42)40-25-27-57(28-26-40)29-30-64(34-57)49-24-23-47(60-52(36(49)2)41-11-9-7-8-10-12-41)55(66)59-44-18-21-45(22-19-44)69-46-20-17-43(32-58)50(31-46)68-6/h13-17,20,31,35-38,40-41,44-45,47-49,51-52,54,56,60,62-63H,7-12,18-19,21-30,33-34H2,1-6H3,(H,59,66)/t35?,36?,37?,38?,40?,44?,45?,47?,48-,49?,51?,52?,54?,56?,57?/m0/s1. The Kier molecular flexibility index (Phi) is 15.9. The number of rotatable bonds is 11. The minimum atomic E-state index is -0.151. The molecule has 4 saturated heterocycles. The Morgan fingerprint density at radius 2 is 1.64 bits per heavy atom. The second kappa shape index (κ2) is 22.1. The van der Waals surface area contributed by atoms with Crippen molar-refractivity contribution in [3.63, 3.8) is 0 Å². The van der Waals surface area contributed by atoms with Crippen molar-refractivity contribution in [3.05, 3.63) is 59.2 Å². The first-order valence-corrected chi connectivity index (χ1v) is 28.7. The van der Waals surface area contributed by atoms with Crippen LogP contribution in [0, 0.1) is 40.4 Å². The first-order valence-electron chi connectivity index (χ1n) is 27.7. The number of amides is 1. The highest BCUT2D eigenvalue weighted by atomic mass is 32.2. The molecule has 8 aliphatic rings. The number of nitrogens with zero attached hydrogens (tertiary/aromatic N) is 4. The fourth-order valence-corrected chi connectivity index (χ4v) is 16.7. The number of aliphatic imine (C=N–C) groups is 1. The van der Waals surface area contributed by atoms with Gasteiger partial charge in [0.1, 0.15) is 29.8 Å². The lowest BCUT2D eigenvalue weighted by atomic mass is 9.68. The van der Waals surface area contributed by atoms with Gasteiger partial charge < -0.3 is 24.8 Å². The molecule has 10 unspecified atom stereocenters. The van der Waals surface area contributed by atoms with Gasteiger partial charge in [-0.05, 0) is 149 Å². The number of carbonyl (C=O) groups excluding carboxylic acids is 1. The highest BCUT2D eigenvalue weighted by molar-refractivity contribution is 8.00. The molecule has 3 saturated carbocycles. The number of hydrogen-bond acceptors (Lipinski definition) is 12. The summed E-state index contributed by atoms with van der Waals surface area (Å²) in [7, 11) is 3.38. The summed E-state index contributed by atoms with van der Waals surface area (Å²) in [6.07, 6.45) is 20.3. The molecule has 5 aliphatic heterocycles. The fourth-order valence-electron chi connectivity index (χ4n) is 14.9. The number of benzene rings is 2. The highest BCUT2D eigenvalue weighted by Crippen LogP contribution is 2.51. The molecule has 5 heterocycles. The highest BCUT2D eigenvalue weighted by Gasteiger charge is 2.53. The zero-order valence-corrected chi connectivity index (χ0v) is 44.0. The minimum absolute atomic E-state index is 0.0177. The number of carbonyl (C=O) groups is 1. The van der Waals surface area contributed by atoms with Crippen molar-refractivity contribution in [3.8, 4) is 17.6 Å². The Labute approximate surface area is 423 Å². The molecule has 7 fully saturated rings. The number of nitrogens with one attached hydrogen (secondary N) is 4. The molecule has 382 valence electrons. The topological polar surface area (TPSA) is 136 Å². The lowest BCUT2D eigenvalue weighted by molar-refractivity contribution is -0.124. The minimum Gasteiger partial charge on any atom is -0.495 e. The number of ether oxygens (including phenoxy) is 3. The molecule has 2 aromatic rings. The van der Waals surface area contributed by atoms with Crippen LogP contribution in [0.25, 0.3) is 0 Å². The summed E-state index contributed by atoms with van der Waals surface area (Å²) in [6.45, 7) is 12.6. The molecule has 0 aromatic heterocycles. The Bertz CT molecular complexity index is 2160. The van der Waals surface area contributed by atoms with E-state index in [2.05, 4.69) is 101 Å². The molecule has 13 heteroatoms. The van der Waals surface area contributed by atoms with Gasteiger partial charge in [0.15, 0.2) is 0 Å². The number of methoxy groups -OCH3 is 2. The van der Waals surface area contributed by atoms with Crippen molar-refractivity contribution in [2.75, 3.05) is 33.9 Å². The van der Waals surface area contributed by atoms with E-state index in [4.69, 9.17) is 19.2 Å². The summed E-state index contributed by atoms with van der Waals surface area (Å²) in [6, 6.07) is 18.2. The van der Waals surface area contributed by atoms with Gasteiger partial charge in [-0.1, -0.05) is 70.7 Å². The predicted octanol–water partition coefficient (Wildman–Crippen LogP) is 9.13. The first-order chi connectivity index (χ1) is 34.0. The summed E-state index contributed by atoms with van der Waals surface area (Å²) >= 11 is 2.12. The average molecular weight is 977 g/mol. The molecule has 70 heavy (non-hydrogen) atoms. The molecule has 2 aromatic carbocycles. The van der Waals surface area contributed by atoms with Crippen LogP contribution in [0.4, 0.5) is 0 Å². The molecular weight excluding hydrogens is 893 g/mol. The Morgan fingerprint density at radius 1 is 0.886 bits per heavy atom. The van der Waals surface area contributed by atoms with Crippen LogP contribution in [-0.2, 0) is 9.53 Å². The second-order valence-corrected chi connectivity index (χ2v) is 24.7. The maximum atomic E-state index is 14.3. The molecule has 11 atom stereocenters. The molecule has 0 radical (unpaired) electrons. The van der Waals surface area contributed by atoms with Crippen LogP contribution in [-0.4, -0.2) is 115 Å². The van der Waals surface area contributed by atoms with Crippen molar-refractivity contribution >= 4 is 23.4 Å². The summed E-state index contributed by atoms with van der Waals surface area (Å²) < 4.78 is 17.5. The van der Waals surface area contributed by atoms with E-state index in [0.717, 1.165) is 44.3 Å². The fraction of sp³-hybridized carbons (Fsp3) is 0.737. The van der Waals surface area contributed by atoms with Gasteiger partial charge in [-0.25, -0.2) is 10.9 Å². The van der Waals surface area contributed by atoms with E-state index in [1.54, 1.807) is 20.3 Å². The van der Waals surface area contributed by atoms with Crippen LogP contribution >= 0.6 is 11.8 Å². The van der Waals surface area contributed by atoms with Gasteiger partial charge in [0.05, 0.1) is 43.0 Å². The number of hydrogen-bond donors (Lipinski definition) is 4. The van der Waals surface area contributed by atoms with E-state index in [0.29, 0.717) is 75.6 Å². The molecular formula is C57H84N8O4S. The number of likely N-dealkylation sites (tertiary alicyclic amines) is 1. The number of thioether (sulfide) groups is 1. The van der Waals surface area contributed by atoms with Crippen molar-refractivity contribution in [1.82, 2.24) is 31.3 Å². The smallest absolute Gasteiger partial charge is 0.237 e. The zero-order chi connectivity index (χ0) is 48.5. The summed E-state index contributed by atoms with van der Waals surface area (Å²) in [5.41, 5.74) is 12.1. The molecule has 1 spiro atoms. The molecule has 12 nitrogen and oxygen atoms in total. The number of fused-ring (bicyclic) bond motifs is 3. The van der Waals surface area contributed by atoms with Crippen LogP contribution in [0.15, 0.2) is 47.5 Å². The Hall–Kier alpha value is -3.22. The molecule has 3 aliphatic carbocycles. The van der Waals surface area contributed by atoms with E-state index in [1.807, 2.05) is 12.1 Å². The molecule has 0 bridgehead atoms. The van der Waals surface area contributed by atoms with E-state index in [-0.39, 0.29) is 42.5 Å². The van der Waals surface area contributed by atoms with Gasteiger partial charge >= 0.3 is 0 Å². The van der Waals surface area contributed by atoms with Gasteiger partial charge in [0, 0.05) is 54.7 Å². The van der Waals surface area contributed by atoms with E-state index in [9.17, 15) is 10.1 Å². The number of hydrazine groups is 1. The van der Waals surface area contributed by atoms with Crippen molar-refractivity contribution in [2.24, 2.45) is 34.1 Å². The van der Waals surface area contributed by atoms with Gasteiger partial charge in [0.25, 0.3) is 0 Å². The Morgan fingerprint density at radius 3 is 2.36 bits per heavy atom. The largest absolute Gasteiger partial charge is 0.495 e. The maximum Gasteiger partial charge on any atom is 0.237 e. The summed E-state index contributed by atoms with van der Waals surface area (Å²) in [5.74, 6) is 4.09.